The van der Waals surface area contributed by atoms with Crippen LogP contribution in [0.1, 0.15) is 52.4 Å². The highest BCUT2D eigenvalue weighted by molar-refractivity contribution is 5.91. The molecule has 0 aromatic rings. The van der Waals surface area contributed by atoms with E-state index in [9.17, 15) is 4.79 Å². The van der Waals surface area contributed by atoms with Crippen molar-refractivity contribution in [1.82, 2.24) is 0 Å². The smallest absolute Gasteiger partial charge is 0.348 e. The predicted molar refractivity (Wildman–Crippen MR) is 80.5 cm³/mol. The Bertz CT molecular complexity index is 336. The van der Waals surface area contributed by atoms with Crippen LogP contribution in [0.3, 0.4) is 0 Å². The molecule has 5 nitrogen and oxygen atoms in total. The number of unbranched alkanes of at least 4 members (excludes halogenated alkanes) is 3. The first-order valence-electron chi connectivity index (χ1n) is 7.65. The Morgan fingerprint density at radius 1 is 1.10 bits per heavy atom. The fourth-order valence-corrected chi connectivity index (χ4v) is 1.59. The molecule has 5 heteroatoms. The first kappa shape index (κ1) is 19.6. The zero-order valence-corrected chi connectivity index (χ0v) is 13.2. The van der Waals surface area contributed by atoms with Gasteiger partial charge in [0.15, 0.2) is 6.29 Å². The van der Waals surface area contributed by atoms with Crippen molar-refractivity contribution in [2.24, 2.45) is 0 Å². The number of carbonyl (C=O) groups excluding carboxylic acids is 1. The average molecular weight is 297 g/mol. The van der Waals surface area contributed by atoms with Gasteiger partial charge in [-0.25, -0.2) is 4.79 Å². The van der Waals surface area contributed by atoms with Gasteiger partial charge in [-0.05, 0) is 12.8 Å². The summed E-state index contributed by atoms with van der Waals surface area (Å²) in [5.41, 5.74) is -0.193. The van der Waals surface area contributed by atoms with E-state index < -0.39 is 5.97 Å². The van der Waals surface area contributed by atoms with Crippen LogP contribution >= 0.6 is 0 Å². The van der Waals surface area contributed by atoms with Crippen LogP contribution in [-0.4, -0.2) is 32.1 Å². The second-order valence-electron chi connectivity index (χ2n) is 4.75. The van der Waals surface area contributed by atoms with Gasteiger partial charge >= 0.3 is 5.97 Å². The minimum absolute atomic E-state index is 0.156. The first-order chi connectivity index (χ1) is 10.2. The molecule has 0 fully saturated rings. The molecule has 0 amide bonds. The van der Waals surface area contributed by atoms with Crippen LogP contribution < -0.4 is 0 Å². The molecule has 0 spiro atoms. The molecule has 0 radical (unpaired) electrons. The van der Waals surface area contributed by atoms with Crippen LogP contribution in [0.2, 0.25) is 0 Å². The summed E-state index contributed by atoms with van der Waals surface area (Å²) in [4.78, 5) is 11.3. The molecule has 0 aliphatic heterocycles. The van der Waals surface area contributed by atoms with Gasteiger partial charge < -0.3 is 14.2 Å². The molecule has 0 N–H and O–H groups in total. The van der Waals surface area contributed by atoms with Crippen LogP contribution in [0.15, 0.2) is 12.2 Å². The third-order valence-electron chi connectivity index (χ3n) is 2.78. The Labute approximate surface area is 127 Å². The van der Waals surface area contributed by atoms with Gasteiger partial charge in [-0.15, -0.1) is 0 Å². The monoisotopic (exact) mass is 297 g/mol. The summed E-state index contributed by atoms with van der Waals surface area (Å²) < 4.78 is 16.2. The van der Waals surface area contributed by atoms with Gasteiger partial charge in [-0.1, -0.05) is 39.7 Å². The van der Waals surface area contributed by atoms with Crippen molar-refractivity contribution in [3.8, 4) is 6.07 Å². The molecule has 0 rings (SSSR count). The second-order valence-corrected chi connectivity index (χ2v) is 4.75. The maximum absolute atomic E-state index is 11.3. The Morgan fingerprint density at radius 3 is 2.43 bits per heavy atom. The lowest BCUT2D eigenvalue weighted by molar-refractivity contribution is -0.159. The lowest BCUT2D eigenvalue weighted by Crippen LogP contribution is -2.22. The van der Waals surface area contributed by atoms with Gasteiger partial charge in [0.2, 0.25) is 0 Å². The average Bonchev–Trinajstić information content (AvgIpc) is 2.50. The molecule has 1 atom stereocenters. The highest BCUT2D eigenvalue weighted by Gasteiger charge is 2.12. The van der Waals surface area contributed by atoms with Crippen LogP contribution in [0.4, 0.5) is 0 Å². The second kappa shape index (κ2) is 13.6. The molecule has 0 saturated heterocycles. The Kier molecular flexibility index (Phi) is 12.7. The zero-order chi connectivity index (χ0) is 15.9. The molecular weight excluding hydrogens is 270 g/mol. The van der Waals surface area contributed by atoms with E-state index in [0.717, 1.165) is 19.3 Å². The highest BCUT2D eigenvalue weighted by atomic mass is 16.7. The first-order valence-corrected chi connectivity index (χ1v) is 7.65. The largest absolute Gasteiger partial charge is 0.461 e. The van der Waals surface area contributed by atoms with Crippen molar-refractivity contribution >= 4 is 5.97 Å². The molecule has 0 bridgehead atoms. The molecule has 0 saturated carbocycles. The van der Waals surface area contributed by atoms with Crippen molar-refractivity contribution in [3.63, 3.8) is 0 Å². The zero-order valence-electron chi connectivity index (χ0n) is 13.2. The van der Waals surface area contributed by atoms with E-state index in [-0.39, 0.29) is 18.5 Å². The number of ether oxygens (including phenoxy) is 3. The molecule has 0 heterocycles. The van der Waals surface area contributed by atoms with E-state index >= 15 is 0 Å². The van der Waals surface area contributed by atoms with Crippen molar-refractivity contribution in [2.45, 2.75) is 58.7 Å². The van der Waals surface area contributed by atoms with Crippen molar-refractivity contribution in [2.75, 3.05) is 19.8 Å². The van der Waals surface area contributed by atoms with Gasteiger partial charge in [-0.3, -0.25) is 0 Å². The van der Waals surface area contributed by atoms with E-state index in [1.165, 1.54) is 12.8 Å². The van der Waals surface area contributed by atoms with Crippen molar-refractivity contribution in [1.29, 1.82) is 5.26 Å². The lowest BCUT2D eigenvalue weighted by atomic mass is 10.2. The minimum Gasteiger partial charge on any atom is -0.461 e. The molecular formula is C16H27NO4. The van der Waals surface area contributed by atoms with Gasteiger partial charge in [0.1, 0.15) is 11.6 Å². The van der Waals surface area contributed by atoms with Crippen molar-refractivity contribution < 1.29 is 19.0 Å². The summed E-state index contributed by atoms with van der Waals surface area (Å²) in [5.74, 6) is -0.685. The van der Waals surface area contributed by atoms with Crippen LogP contribution in [0.25, 0.3) is 0 Å². The molecule has 120 valence electrons. The molecule has 0 aliphatic rings. The normalized spacial score (nSPS) is 11.7. The topological polar surface area (TPSA) is 68.6 Å². The Morgan fingerprint density at radius 2 is 1.81 bits per heavy atom. The number of rotatable bonds is 13. The number of nitriles is 1. The number of hydrogen-bond acceptors (Lipinski definition) is 5. The molecule has 0 aromatic carbocycles. The summed E-state index contributed by atoms with van der Waals surface area (Å²) in [6.07, 6.45) is 5.54. The van der Waals surface area contributed by atoms with E-state index in [2.05, 4.69) is 13.5 Å². The van der Waals surface area contributed by atoms with E-state index in [1.54, 1.807) is 6.07 Å². The van der Waals surface area contributed by atoms with Crippen LogP contribution in [-0.2, 0) is 19.0 Å². The third-order valence-corrected chi connectivity index (χ3v) is 2.78. The molecule has 0 aromatic heterocycles. The van der Waals surface area contributed by atoms with Crippen LogP contribution in [0, 0.1) is 11.3 Å². The third kappa shape index (κ3) is 11.0. The summed E-state index contributed by atoms with van der Waals surface area (Å²) in [7, 11) is 0. The van der Waals surface area contributed by atoms with E-state index in [4.69, 9.17) is 19.5 Å². The van der Waals surface area contributed by atoms with Gasteiger partial charge in [-0.2, -0.15) is 5.26 Å². The van der Waals surface area contributed by atoms with Crippen LogP contribution in [0.5, 0.6) is 0 Å². The summed E-state index contributed by atoms with van der Waals surface area (Å²) in [6, 6.07) is 1.66. The number of nitrogens with zero attached hydrogens (tertiary/aromatic N) is 1. The minimum atomic E-state index is -0.685. The highest BCUT2D eigenvalue weighted by Crippen LogP contribution is 2.07. The van der Waals surface area contributed by atoms with Crippen molar-refractivity contribution in [3.05, 3.63) is 12.2 Å². The maximum atomic E-state index is 11.3. The lowest BCUT2D eigenvalue weighted by Gasteiger charge is -2.18. The fraction of sp³-hybridized carbons (Fsp3) is 0.750. The Hall–Kier alpha value is -1.38. The van der Waals surface area contributed by atoms with E-state index in [1.807, 2.05) is 6.92 Å². The molecule has 21 heavy (non-hydrogen) atoms. The standard InChI is InChI=1S/C16H27NO4/c1-4-6-7-8-11-20-15(19-10-5-2)9-12-21-16(18)14(3)13-17/h15H,3-12H2,1-2H3. The van der Waals surface area contributed by atoms with E-state index in [0.29, 0.717) is 19.6 Å². The number of esters is 1. The summed E-state index contributed by atoms with van der Waals surface area (Å²) in [6.45, 7) is 8.90. The molecule has 1 unspecified atom stereocenters. The van der Waals surface area contributed by atoms with Gasteiger partial charge in [0.05, 0.1) is 6.61 Å². The summed E-state index contributed by atoms with van der Waals surface area (Å²) in [5, 5.41) is 8.52. The number of hydrogen-bond donors (Lipinski definition) is 0. The fourth-order valence-electron chi connectivity index (χ4n) is 1.59. The SMILES string of the molecule is C=C(C#N)C(=O)OCCC(OCCC)OCCCCCC. The Balaban J connectivity index is 3.92. The van der Waals surface area contributed by atoms with Gasteiger partial charge in [0.25, 0.3) is 0 Å². The molecule has 0 aliphatic carbocycles. The quantitative estimate of drug-likeness (QED) is 0.171. The predicted octanol–water partition coefficient (Wildman–Crippen LogP) is 3.35. The number of carbonyl (C=O) groups is 1. The summed E-state index contributed by atoms with van der Waals surface area (Å²) >= 11 is 0. The van der Waals surface area contributed by atoms with Gasteiger partial charge in [0, 0.05) is 19.6 Å². The maximum Gasteiger partial charge on any atom is 0.348 e.